The second kappa shape index (κ2) is 10.2. The Labute approximate surface area is 177 Å². The molecule has 0 spiro atoms. The minimum absolute atomic E-state index is 0.132. The van der Waals surface area contributed by atoms with Gasteiger partial charge in [-0.1, -0.05) is 35.9 Å². The zero-order chi connectivity index (χ0) is 20.6. The summed E-state index contributed by atoms with van der Waals surface area (Å²) in [6.07, 6.45) is 0.380. The van der Waals surface area contributed by atoms with Gasteiger partial charge in [-0.25, -0.2) is 0 Å². The number of nitrogens with one attached hydrogen (secondary N) is 1. The number of aliphatic imine (C=N–C) groups is 1. The highest BCUT2D eigenvalue weighted by atomic mass is 35.5. The molecule has 1 amide bonds. The predicted molar refractivity (Wildman–Crippen MR) is 117 cm³/mol. The summed E-state index contributed by atoms with van der Waals surface area (Å²) in [4.78, 5) is 21.1. The number of guanidine groups is 1. The van der Waals surface area contributed by atoms with Crippen molar-refractivity contribution in [2.24, 2.45) is 4.99 Å². The molecule has 3 rings (SSSR count). The van der Waals surface area contributed by atoms with E-state index in [-0.39, 0.29) is 5.91 Å². The first-order valence-corrected chi connectivity index (χ1v) is 10.1. The maximum atomic E-state index is 12.6. The van der Waals surface area contributed by atoms with Gasteiger partial charge in [0.05, 0.1) is 13.5 Å². The molecule has 1 saturated heterocycles. The summed E-state index contributed by atoms with van der Waals surface area (Å²) in [5.74, 6) is 1.83. The number of carbonyl (C=O) groups is 1. The largest absolute Gasteiger partial charge is 0.497 e. The number of piperazine rings is 1. The molecule has 6 nitrogen and oxygen atoms in total. The van der Waals surface area contributed by atoms with Crippen molar-refractivity contribution in [3.8, 4) is 5.75 Å². The fourth-order valence-corrected chi connectivity index (χ4v) is 3.57. The summed E-state index contributed by atoms with van der Waals surface area (Å²) < 4.78 is 5.19. The Bertz CT molecular complexity index is 846. The van der Waals surface area contributed by atoms with Crippen LogP contribution in [0, 0.1) is 0 Å². The third kappa shape index (κ3) is 5.87. The lowest BCUT2D eigenvalue weighted by Gasteiger charge is -2.36. The monoisotopic (exact) mass is 414 g/mol. The lowest BCUT2D eigenvalue weighted by atomic mass is 10.1. The Morgan fingerprint density at radius 3 is 2.38 bits per heavy atom. The van der Waals surface area contributed by atoms with Crippen molar-refractivity contribution in [2.75, 3.05) is 40.3 Å². The van der Waals surface area contributed by atoms with E-state index in [1.807, 2.05) is 53.4 Å². The van der Waals surface area contributed by atoms with Crippen molar-refractivity contribution >= 4 is 23.5 Å². The van der Waals surface area contributed by atoms with Crippen LogP contribution >= 0.6 is 11.6 Å². The number of hydrogen-bond acceptors (Lipinski definition) is 3. The summed E-state index contributed by atoms with van der Waals surface area (Å²) in [5, 5.41) is 4.06. The number of benzene rings is 2. The summed E-state index contributed by atoms with van der Waals surface area (Å²) in [6, 6.07) is 15.4. The highest BCUT2D eigenvalue weighted by Gasteiger charge is 2.23. The van der Waals surface area contributed by atoms with E-state index in [9.17, 15) is 4.79 Å². The van der Waals surface area contributed by atoms with Crippen LogP contribution in [0.25, 0.3) is 0 Å². The smallest absolute Gasteiger partial charge is 0.227 e. The number of amides is 1. The van der Waals surface area contributed by atoms with Gasteiger partial charge in [0, 0.05) is 44.8 Å². The van der Waals surface area contributed by atoms with Crippen LogP contribution in [0.4, 0.5) is 0 Å². The molecular formula is C22H27ClN4O2. The van der Waals surface area contributed by atoms with Gasteiger partial charge in [-0.3, -0.25) is 9.79 Å². The molecule has 0 aliphatic carbocycles. The standard InChI is InChI=1S/C22H27ClN4O2/c1-24-22(25-16-17-6-8-20(29-2)9-7-17)27-12-10-26(11-13-27)21(28)15-18-4-3-5-19(23)14-18/h3-9,14H,10-13,15-16H2,1-2H3,(H,24,25). The van der Waals surface area contributed by atoms with Crippen LogP contribution in [0.1, 0.15) is 11.1 Å². The van der Waals surface area contributed by atoms with Gasteiger partial charge in [0.25, 0.3) is 0 Å². The van der Waals surface area contributed by atoms with Crippen LogP contribution < -0.4 is 10.1 Å². The molecule has 1 aliphatic heterocycles. The zero-order valence-electron chi connectivity index (χ0n) is 16.9. The lowest BCUT2D eigenvalue weighted by Crippen LogP contribution is -2.53. The van der Waals surface area contributed by atoms with E-state index in [1.54, 1.807) is 14.2 Å². The van der Waals surface area contributed by atoms with Crippen molar-refractivity contribution in [2.45, 2.75) is 13.0 Å². The number of carbonyl (C=O) groups excluding carboxylic acids is 1. The average Bonchev–Trinajstić information content (AvgIpc) is 2.75. The topological polar surface area (TPSA) is 57.2 Å². The number of ether oxygens (including phenoxy) is 1. The Morgan fingerprint density at radius 1 is 1.07 bits per heavy atom. The van der Waals surface area contributed by atoms with Crippen LogP contribution in [-0.2, 0) is 17.8 Å². The van der Waals surface area contributed by atoms with Gasteiger partial charge in [0.15, 0.2) is 5.96 Å². The minimum atomic E-state index is 0.132. The van der Waals surface area contributed by atoms with Crippen LogP contribution in [0.2, 0.25) is 5.02 Å². The maximum absolute atomic E-state index is 12.6. The van der Waals surface area contributed by atoms with E-state index in [0.717, 1.165) is 35.9 Å². The average molecular weight is 415 g/mol. The number of nitrogens with zero attached hydrogens (tertiary/aromatic N) is 3. The molecule has 0 atom stereocenters. The van der Waals surface area contributed by atoms with Gasteiger partial charge in [-0.2, -0.15) is 0 Å². The molecule has 0 radical (unpaired) electrons. The molecule has 2 aromatic rings. The third-order valence-corrected chi connectivity index (χ3v) is 5.23. The van der Waals surface area contributed by atoms with Crippen LogP contribution in [0.3, 0.4) is 0 Å². The summed E-state index contributed by atoms with van der Waals surface area (Å²) in [5.41, 5.74) is 2.10. The van der Waals surface area contributed by atoms with Gasteiger partial charge in [-0.05, 0) is 35.4 Å². The summed E-state index contributed by atoms with van der Waals surface area (Å²) >= 11 is 6.02. The van der Waals surface area contributed by atoms with Gasteiger partial charge in [0.2, 0.25) is 5.91 Å². The van der Waals surface area contributed by atoms with Crippen molar-refractivity contribution in [1.82, 2.24) is 15.1 Å². The number of hydrogen-bond donors (Lipinski definition) is 1. The maximum Gasteiger partial charge on any atom is 0.227 e. The molecule has 2 aromatic carbocycles. The minimum Gasteiger partial charge on any atom is -0.497 e. The van der Waals surface area contributed by atoms with Crippen molar-refractivity contribution < 1.29 is 9.53 Å². The van der Waals surface area contributed by atoms with Crippen LogP contribution in [0.5, 0.6) is 5.75 Å². The first-order valence-electron chi connectivity index (χ1n) is 9.70. The van der Waals surface area contributed by atoms with Gasteiger partial charge in [-0.15, -0.1) is 0 Å². The van der Waals surface area contributed by atoms with Crippen LogP contribution in [0.15, 0.2) is 53.5 Å². The first-order chi connectivity index (χ1) is 14.1. The molecule has 0 aromatic heterocycles. The van der Waals surface area contributed by atoms with Crippen molar-refractivity contribution in [1.29, 1.82) is 0 Å². The molecule has 1 heterocycles. The second-order valence-corrected chi connectivity index (χ2v) is 7.36. The number of halogens is 1. The Morgan fingerprint density at radius 2 is 1.76 bits per heavy atom. The Balaban J connectivity index is 1.48. The SMILES string of the molecule is CN=C(NCc1ccc(OC)cc1)N1CCN(C(=O)Cc2cccc(Cl)c2)CC1. The predicted octanol–water partition coefficient (Wildman–Crippen LogP) is 2.81. The molecule has 29 heavy (non-hydrogen) atoms. The molecule has 1 N–H and O–H groups in total. The molecule has 1 aliphatic rings. The van der Waals surface area contributed by atoms with E-state index in [0.29, 0.717) is 31.1 Å². The van der Waals surface area contributed by atoms with E-state index in [1.165, 1.54) is 0 Å². The lowest BCUT2D eigenvalue weighted by molar-refractivity contribution is -0.131. The fraction of sp³-hybridized carbons (Fsp3) is 0.364. The van der Waals surface area contributed by atoms with Gasteiger partial charge >= 0.3 is 0 Å². The number of rotatable bonds is 5. The van der Waals surface area contributed by atoms with Gasteiger partial charge < -0.3 is 19.9 Å². The third-order valence-electron chi connectivity index (χ3n) is 5.00. The molecular weight excluding hydrogens is 388 g/mol. The molecule has 7 heteroatoms. The van der Waals surface area contributed by atoms with Crippen molar-refractivity contribution in [3.05, 3.63) is 64.7 Å². The molecule has 0 unspecified atom stereocenters. The van der Waals surface area contributed by atoms with Crippen LogP contribution in [-0.4, -0.2) is 62.0 Å². The molecule has 1 fully saturated rings. The highest BCUT2D eigenvalue weighted by molar-refractivity contribution is 6.30. The van der Waals surface area contributed by atoms with E-state index >= 15 is 0 Å². The van der Waals surface area contributed by atoms with E-state index < -0.39 is 0 Å². The molecule has 0 saturated carbocycles. The Kier molecular flexibility index (Phi) is 7.36. The normalized spacial score (nSPS) is 14.7. The van der Waals surface area contributed by atoms with Gasteiger partial charge in [0.1, 0.15) is 5.75 Å². The molecule has 0 bridgehead atoms. The number of methoxy groups -OCH3 is 1. The second-order valence-electron chi connectivity index (χ2n) is 6.92. The first kappa shape index (κ1) is 21.0. The quantitative estimate of drug-likeness (QED) is 0.603. The van der Waals surface area contributed by atoms with Crippen molar-refractivity contribution in [3.63, 3.8) is 0 Å². The Hall–Kier alpha value is -2.73. The van der Waals surface area contributed by atoms with E-state index in [2.05, 4.69) is 15.2 Å². The summed E-state index contributed by atoms with van der Waals surface area (Å²) in [7, 11) is 3.45. The zero-order valence-corrected chi connectivity index (χ0v) is 17.7. The molecule has 154 valence electrons. The fourth-order valence-electron chi connectivity index (χ4n) is 3.36. The van der Waals surface area contributed by atoms with E-state index in [4.69, 9.17) is 16.3 Å². The summed E-state index contributed by atoms with van der Waals surface area (Å²) in [6.45, 7) is 3.56. The highest BCUT2D eigenvalue weighted by Crippen LogP contribution is 2.14.